The van der Waals surface area contributed by atoms with E-state index in [4.69, 9.17) is 29.4 Å². The van der Waals surface area contributed by atoms with Crippen molar-refractivity contribution in [2.75, 3.05) is 20.0 Å². The molecular formula is C31H22Br2F2N2O5S. The van der Waals surface area contributed by atoms with Gasteiger partial charge in [0.25, 0.3) is 0 Å². The number of aliphatic imine (C=N–C) groups is 1. The van der Waals surface area contributed by atoms with Gasteiger partial charge < -0.3 is 24.4 Å². The Morgan fingerprint density at radius 3 is 2.35 bits per heavy atom. The van der Waals surface area contributed by atoms with Crippen molar-refractivity contribution in [3.05, 3.63) is 103 Å². The quantitative estimate of drug-likeness (QED) is 0.183. The van der Waals surface area contributed by atoms with E-state index in [0.717, 1.165) is 20.3 Å². The molecule has 0 aliphatic carbocycles. The van der Waals surface area contributed by atoms with Gasteiger partial charge in [-0.05, 0) is 55.0 Å². The van der Waals surface area contributed by atoms with E-state index in [-0.39, 0.29) is 27.9 Å². The van der Waals surface area contributed by atoms with E-state index in [0.29, 0.717) is 39.6 Å². The van der Waals surface area contributed by atoms with Crippen molar-refractivity contribution in [2.45, 2.75) is 12.0 Å². The Morgan fingerprint density at radius 2 is 1.60 bits per heavy atom. The van der Waals surface area contributed by atoms with E-state index in [1.54, 1.807) is 24.3 Å². The van der Waals surface area contributed by atoms with Crippen LogP contribution in [0.25, 0.3) is 21.9 Å². The number of ether oxygens (including phenoxy) is 3. The molecule has 0 saturated carbocycles. The average Bonchev–Trinajstić information content (AvgIpc) is 2.99. The maximum Gasteiger partial charge on any atom is 0.200 e. The summed E-state index contributed by atoms with van der Waals surface area (Å²) in [5, 5.41) is 1.06. The molecule has 0 fully saturated rings. The highest BCUT2D eigenvalue weighted by atomic mass is 79.9. The normalized spacial score (nSPS) is 16.9. The molecule has 7 rings (SSSR count). The van der Waals surface area contributed by atoms with Gasteiger partial charge in [0.2, 0.25) is 5.43 Å². The van der Waals surface area contributed by atoms with Gasteiger partial charge in [0.1, 0.15) is 28.4 Å². The number of hydrogen-bond acceptors (Lipinski definition) is 8. The molecule has 0 radical (unpaired) electrons. The van der Waals surface area contributed by atoms with Crippen molar-refractivity contribution in [2.24, 2.45) is 10.7 Å². The molecule has 2 aliphatic heterocycles. The Balaban J connectivity index is 0.000000157. The van der Waals surface area contributed by atoms with Gasteiger partial charge in [-0.25, -0.2) is 13.8 Å². The number of thioether (sulfide) groups is 1. The SMILES string of the molecule is COc1cc(F)c2c(c1)C1(CCSC(N)=N1)c1cc(Br)ccc1O2.COc1cc(F)c2oc3ccc(Br)cc3c(=O)c2c1. The molecule has 1 spiro atoms. The summed E-state index contributed by atoms with van der Waals surface area (Å²) >= 11 is 8.30. The van der Waals surface area contributed by atoms with Crippen molar-refractivity contribution in [1.82, 2.24) is 0 Å². The van der Waals surface area contributed by atoms with Crippen molar-refractivity contribution >= 4 is 70.7 Å². The summed E-state index contributed by atoms with van der Waals surface area (Å²) in [5.41, 5.74) is 6.81. The molecule has 2 N–H and O–H groups in total. The molecule has 4 aromatic carbocycles. The van der Waals surface area contributed by atoms with E-state index in [2.05, 4.69) is 31.9 Å². The standard InChI is InChI=1S/C17H14BrFN2O2S.C14H8BrFO3/c1-22-10-7-12-15(13(19)8-10)23-14-3-2-9(18)6-11(14)17(12)4-5-24-16(20)21-17;1-18-8-5-10-13(17)9-4-7(15)2-3-12(9)19-14(10)11(16)6-8/h2-3,6-8H,4-5H2,1H3,(H2,20,21);2-6H,1H3. The molecule has 7 nitrogen and oxygen atoms in total. The lowest BCUT2D eigenvalue weighted by Gasteiger charge is -2.39. The lowest BCUT2D eigenvalue weighted by atomic mass is 9.78. The number of benzene rings is 4. The van der Waals surface area contributed by atoms with Gasteiger partial charge in [-0.1, -0.05) is 43.6 Å². The average molecular weight is 732 g/mol. The van der Waals surface area contributed by atoms with Gasteiger partial charge >= 0.3 is 0 Å². The number of nitrogens with two attached hydrogens (primary N) is 1. The van der Waals surface area contributed by atoms with Gasteiger partial charge in [-0.2, -0.15) is 0 Å². The number of rotatable bonds is 2. The summed E-state index contributed by atoms with van der Waals surface area (Å²) in [6.07, 6.45) is 0.699. The Labute approximate surface area is 265 Å². The van der Waals surface area contributed by atoms with E-state index < -0.39 is 17.2 Å². The van der Waals surface area contributed by atoms with Crippen LogP contribution in [0.3, 0.4) is 0 Å². The smallest absolute Gasteiger partial charge is 0.200 e. The van der Waals surface area contributed by atoms with Gasteiger partial charge in [-0.15, -0.1) is 0 Å². The van der Waals surface area contributed by atoms with E-state index in [9.17, 15) is 13.6 Å². The summed E-state index contributed by atoms with van der Waals surface area (Å²) in [7, 11) is 2.93. The lowest BCUT2D eigenvalue weighted by molar-refractivity contribution is 0.359. The van der Waals surface area contributed by atoms with Crippen LogP contribution >= 0.6 is 43.6 Å². The maximum atomic E-state index is 14.6. The highest BCUT2D eigenvalue weighted by Crippen LogP contribution is 2.54. The molecular weight excluding hydrogens is 710 g/mol. The first-order valence-corrected chi connectivity index (χ1v) is 15.4. The number of hydrogen-bond donors (Lipinski definition) is 1. The minimum absolute atomic E-state index is 0.0550. The number of halogens is 4. The van der Waals surface area contributed by atoms with Crippen LogP contribution in [-0.4, -0.2) is 25.1 Å². The number of nitrogens with zero attached hydrogens (tertiary/aromatic N) is 1. The van der Waals surface area contributed by atoms with Gasteiger partial charge in [0, 0.05) is 38.0 Å². The van der Waals surface area contributed by atoms with Crippen molar-refractivity contribution in [3.63, 3.8) is 0 Å². The minimum atomic E-state index is -0.766. The van der Waals surface area contributed by atoms with Gasteiger partial charge in [0.05, 0.1) is 25.0 Å². The zero-order chi connectivity index (χ0) is 30.5. The molecule has 5 aromatic rings. The number of amidine groups is 1. The van der Waals surface area contributed by atoms with Crippen LogP contribution in [0.4, 0.5) is 8.78 Å². The molecule has 1 atom stereocenters. The summed E-state index contributed by atoms with van der Waals surface area (Å²) in [6, 6.07) is 16.4. The van der Waals surface area contributed by atoms with E-state index in [1.165, 1.54) is 44.2 Å². The molecule has 2 aliphatic rings. The molecule has 1 unspecified atom stereocenters. The molecule has 43 heavy (non-hydrogen) atoms. The van der Waals surface area contributed by atoms with Crippen LogP contribution in [0, 0.1) is 11.6 Å². The fourth-order valence-corrected chi connectivity index (χ4v) is 6.77. The molecule has 0 bridgehead atoms. The fraction of sp³-hybridized carbons (Fsp3) is 0.161. The summed E-state index contributed by atoms with van der Waals surface area (Å²) in [6.45, 7) is 0. The Morgan fingerprint density at radius 1 is 0.907 bits per heavy atom. The van der Waals surface area contributed by atoms with Crippen molar-refractivity contribution in [3.8, 4) is 23.0 Å². The third-order valence-corrected chi connectivity index (χ3v) is 8.99. The Bertz CT molecular complexity index is 2020. The predicted octanol–water partition coefficient (Wildman–Crippen LogP) is 8.25. The number of fused-ring (bicyclic) bond motifs is 6. The van der Waals surface area contributed by atoms with Crippen LogP contribution in [0.5, 0.6) is 23.0 Å². The zero-order valence-corrected chi connectivity index (χ0v) is 26.7. The Kier molecular flexibility index (Phi) is 7.86. The summed E-state index contributed by atoms with van der Waals surface area (Å²) < 4.78 is 51.7. The molecule has 3 heterocycles. The van der Waals surface area contributed by atoms with Gasteiger partial charge in [-0.3, -0.25) is 4.79 Å². The van der Waals surface area contributed by atoms with Crippen molar-refractivity contribution in [1.29, 1.82) is 0 Å². The zero-order valence-electron chi connectivity index (χ0n) is 22.7. The summed E-state index contributed by atoms with van der Waals surface area (Å²) in [4.78, 5) is 17.1. The van der Waals surface area contributed by atoms with Crippen molar-refractivity contribution < 1.29 is 27.4 Å². The highest BCUT2D eigenvalue weighted by molar-refractivity contribution is 9.10. The maximum absolute atomic E-state index is 14.6. The van der Waals surface area contributed by atoms with E-state index >= 15 is 0 Å². The predicted molar refractivity (Wildman–Crippen MR) is 171 cm³/mol. The fourth-order valence-electron chi connectivity index (χ4n) is 5.22. The topological polar surface area (TPSA) is 96.3 Å². The third-order valence-electron chi connectivity index (χ3n) is 7.21. The molecule has 220 valence electrons. The van der Waals surface area contributed by atoms with Crippen LogP contribution in [0.1, 0.15) is 17.5 Å². The minimum Gasteiger partial charge on any atom is -0.497 e. The second-order valence-electron chi connectivity index (χ2n) is 9.69. The second-order valence-corrected chi connectivity index (χ2v) is 12.6. The largest absolute Gasteiger partial charge is 0.497 e. The van der Waals surface area contributed by atoms with E-state index in [1.807, 2.05) is 18.2 Å². The van der Waals surface area contributed by atoms with Crippen LogP contribution in [0.2, 0.25) is 0 Å². The highest BCUT2D eigenvalue weighted by Gasteiger charge is 2.45. The molecule has 0 saturated heterocycles. The summed E-state index contributed by atoms with van der Waals surface area (Å²) in [5.74, 6) is 1.21. The third kappa shape index (κ3) is 5.25. The monoisotopic (exact) mass is 730 g/mol. The first-order valence-electron chi connectivity index (χ1n) is 12.9. The van der Waals surface area contributed by atoms with Crippen LogP contribution < -0.4 is 25.4 Å². The number of methoxy groups -OCH3 is 2. The molecule has 12 heteroatoms. The second kappa shape index (κ2) is 11.5. The lowest BCUT2D eigenvalue weighted by Crippen LogP contribution is -2.35. The first-order chi connectivity index (χ1) is 20.6. The Hall–Kier alpha value is -3.61. The van der Waals surface area contributed by atoms with Crippen LogP contribution in [-0.2, 0) is 5.54 Å². The molecule has 1 aromatic heterocycles. The van der Waals surface area contributed by atoms with Crippen LogP contribution in [0.15, 0.2) is 83.8 Å². The first kappa shape index (κ1) is 29.5. The molecule has 0 amide bonds. The van der Waals surface area contributed by atoms with Gasteiger partial charge in [0.15, 0.2) is 28.1 Å².